The molecule has 24 heavy (non-hydrogen) atoms. The highest BCUT2D eigenvalue weighted by atomic mass is 35.5. The number of likely N-dealkylation sites (N-methyl/N-ethyl adjacent to an activating group) is 1. The summed E-state index contributed by atoms with van der Waals surface area (Å²) in [4.78, 5) is 2.15. The van der Waals surface area contributed by atoms with Crippen molar-refractivity contribution in [3.8, 4) is 5.75 Å². The number of nitrogens with one attached hydrogen (secondary N) is 2. The average Bonchev–Trinajstić information content (AvgIpc) is 2.57. The van der Waals surface area contributed by atoms with Gasteiger partial charge < -0.3 is 20.3 Å². The maximum atomic E-state index is 5.89. The molecule has 0 heterocycles. The van der Waals surface area contributed by atoms with Gasteiger partial charge >= 0.3 is 0 Å². The third-order valence-electron chi connectivity index (χ3n) is 3.66. The second kappa shape index (κ2) is 8.87. The Balaban J connectivity index is 1.98. The van der Waals surface area contributed by atoms with E-state index in [9.17, 15) is 0 Å². The molecular weight excluding hydrogens is 342 g/mol. The molecule has 1 atom stereocenters. The maximum Gasteiger partial charge on any atom is 0.170 e. The smallest absolute Gasteiger partial charge is 0.170 e. The van der Waals surface area contributed by atoms with Crippen LogP contribution in [0, 0.1) is 0 Å². The molecule has 0 saturated heterocycles. The van der Waals surface area contributed by atoms with Crippen molar-refractivity contribution in [3.05, 3.63) is 59.1 Å². The van der Waals surface area contributed by atoms with Crippen molar-refractivity contribution < 1.29 is 4.74 Å². The second-order valence-electron chi connectivity index (χ2n) is 5.60. The maximum absolute atomic E-state index is 5.89. The van der Waals surface area contributed by atoms with E-state index in [1.54, 1.807) is 7.11 Å². The fourth-order valence-electron chi connectivity index (χ4n) is 2.35. The first kappa shape index (κ1) is 18.5. The Morgan fingerprint density at radius 3 is 2.54 bits per heavy atom. The van der Waals surface area contributed by atoms with Gasteiger partial charge in [0, 0.05) is 17.3 Å². The first-order valence-electron chi connectivity index (χ1n) is 7.60. The van der Waals surface area contributed by atoms with Crippen molar-refractivity contribution in [1.82, 2.24) is 10.2 Å². The van der Waals surface area contributed by atoms with Gasteiger partial charge in [0.1, 0.15) is 5.75 Å². The second-order valence-corrected chi connectivity index (χ2v) is 6.44. The Kier molecular flexibility index (Phi) is 6.85. The normalized spacial score (nSPS) is 11.9. The van der Waals surface area contributed by atoms with E-state index in [1.165, 1.54) is 5.56 Å². The molecule has 0 aliphatic rings. The van der Waals surface area contributed by atoms with Gasteiger partial charge in [-0.3, -0.25) is 0 Å². The zero-order chi connectivity index (χ0) is 17.5. The zero-order valence-corrected chi connectivity index (χ0v) is 15.6. The largest absolute Gasteiger partial charge is 0.497 e. The molecule has 0 amide bonds. The van der Waals surface area contributed by atoms with Crippen LogP contribution in [0.25, 0.3) is 0 Å². The van der Waals surface area contributed by atoms with Crippen LogP contribution in [-0.2, 0) is 0 Å². The van der Waals surface area contributed by atoms with Crippen LogP contribution in [0.4, 0.5) is 5.69 Å². The predicted octanol–water partition coefficient (Wildman–Crippen LogP) is 3.94. The Bertz CT molecular complexity index is 676. The van der Waals surface area contributed by atoms with E-state index < -0.39 is 0 Å². The number of rotatable bonds is 6. The van der Waals surface area contributed by atoms with E-state index in [0.717, 1.165) is 11.4 Å². The molecule has 0 unspecified atom stereocenters. The Morgan fingerprint density at radius 1 is 1.21 bits per heavy atom. The van der Waals surface area contributed by atoms with E-state index in [2.05, 4.69) is 21.6 Å². The fourth-order valence-corrected chi connectivity index (χ4v) is 2.67. The molecule has 0 radical (unpaired) electrons. The van der Waals surface area contributed by atoms with Gasteiger partial charge in [-0.15, -0.1) is 0 Å². The summed E-state index contributed by atoms with van der Waals surface area (Å²) in [6.07, 6.45) is 0. The third-order valence-corrected chi connectivity index (χ3v) is 4.16. The first-order chi connectivity index (χ1) is 11.5. The molecule has 0 aliphatic carbocycles. The molecule has 2 aromatic carbocycles. The summed E-state index contributed by atoms with van der Waals surface area (Å²) in [6.45, 7) is 0.680. The molecule has 4 nitrogen and oxygen atoms in total. The molecule has 0 aliphatic heterocycles. The van der Waals surface area contributed by atoms with Crippen LogP contribution in [0.1, 0.15) is 11.6 Å². The predicted molar refractivity (Wildman–Crippen MR) is 105 cm³/mol. The molecule has 2 aromatic rings. The molecule has 2 rings (SSSR count). The summed E-state index contributed by atoms with van der Waals surface area (Å²) in [5.41, 5.74) is 2.07. The Morgan fingerprint density at radius 2 is 1.92 bits per heavy atom. The number of hydrogen-bond acceptors (Lipinski definition) is 3. The summed E-state index contributed by atoms with van der Waals surface area (Å²) in [5, 5.41) is 7.70. The molecular formula is C18H22ClN3OS. The zero-order valence-electron chi connectivity index (χ0n) is 14.0. The monoisotopic (exact) mass is 363 g/mol. The minimum absolute atomic E-state index is 0.171. The van der Waals surface area contributed by atoms with Gasteiger partial charge in [0.25, 0.3) is 0 Å². The molecule has 2 N–H and O–H groups in total. The van der Waals surface area contributed by atoms with Gasteiger partial charge in [0.2, 0.25) is 0 Å². The summed E-state index contributed by atoms with van der Waals surface area (Å²) in [6, 6.07) is 15.7. The summed E-state index contributed by atoms with van der Waals surface area (Å²) >= 11 is 11.3. The van der Waals surface area contributed by atoms with E-state index in [4.69, 9.17) is 28.6 Å². The molecule has 6 heteroatoms. The number of thiocarbonyl (C=S) groups is 1. The highest BCUT2D eigenvalue weighted by Gasteiger charge is 2.15. The molecule has 0 saturated carbocycles. The lowest BCUT2D eigenvalue weighted by Crippen LogP contribution is -2.36. The van der Waals surface area contributed by atoms with Crippen LogP contribution < -0.4 is 15.4 Å². The molecule has 0 spiro atoms. The van der Waals surface area contributed by atoms with E-state index >= 15 is 0 Å². The fraction of sp³-hybridized carbons (Fsp3) is 0.278. The van der Waals surface area contributed by atoms with Crippen molar-refractivity contribution >= 4 is 34.6 Å². The third kappa shape index (κ3) is 5.37. The number of methoxy groups -OCH3 is 1. The van der Waals surface area contributed by atoms with Crippen LogP contribution in [0.2, 0.25) is 5.02 Å². The van der Waals surface area contributed by atoms with E-state index in [0.29, 0.717) is 16.7 Å². The van der Waals surface area contributed by atoms with Crippen molar-refractivity contribution in [1.29, 1.82) is 0 Å². The number of nitrogens with zero attached hydrogens (tertiary/aromatic N) is 1. The van der Waals surface area contributed by atoms with Gasteiger partial charge in [-0.1, -0.05) is 23.7 Å². The van der Waals surface area contributed by atoms with Gasteiger partial charge in [-0.2, -0.15) is 0 Å². The molecule has 0 aromatic heterocycles. The van der Waals surface area contributed by atoms with Crippen molar-refractivity contribution in [2.75, 3.05) is 33.1 Å². The van der Waals surface area contributed by atoms with Crippen molar-refractivity contribution in [3.63, 3.8) is 0 Å². The van der Waals surface area contributed by atoms with Crippen molar-refractivity contribution in [2.24, 2.45) is 0 Å². The average molecular weight is 364 g/mol. The van der Waals surface area contributed by atoms with Crippen LogP contribution in [-0.4, -0.2) is 37.8 Å². The SMILES string of the molecule is COc1cccc([C@@H](CNC(=S)Nc2ccc(Cl)cc2)N(C)C)c1. The number of ether oxygens (including phenoxy) is 1. The number of anilines is 1. The number of hydrogen-bond donors (Lipinski definition) is 2. The van der Waals surface area contributed by atoms with Crippen LogP contribution in [0.5, 0.6) is 5.75 Å². The Hall–Kier alpha value is -1.82. The molecule has 0 fully saturated rings. The summed E-state index contributed by atoms with van der Waals surface area (Å²) in [5.74, 6) is 0.848. The minimum atomic E-state index is 0.171. The van der Waals surface area contributed by atoms with E-state index in [1.807, 2.05) is 56.6 Å². The summed E-state index contributed by atoms with van der Waals surface area (Å²) in [7, 11) is 5.76. The Labute approximate surface area is 153 Å². The molecule has 128 valence electrons. The molecule has 0 bridgehead atoms. The van der Waals surface area contributed by atoms with Gasteiger partial charge in [0.05, 0.1) is 13.2 Å². The van der Waals surface area contributed by atoms with Crippen molar-refractivity contribution in [2.45, 2.75) is 6.04 Å². The lowest BCUT2D eigenvalue weighted by atomic mass is 10.1. The van der Waals surface area contributed by atoms with Gasteiger partial charge in [0.15, 0.2) is 5.11 Å². The van der Waals surface area contributed by atoms with Gasteiger partial charge in [-0.25, -0.2) is 0 Å². The first-order valence-corrected chi connectivity index (χ1v) is 8.39. The number of halogens is 1. The highest BCUT2D eigenvalue weighted by molar-refractivity contribution is 7.80. The highest BCUT2D eigenvalue weighted by Crippen LogP contribution is 2.22. The lowest BCUT2D eigenvalue weighted by Gasteiger charge is -2.26. The lowest BCUT2D eigenvalue weighted by molar-refractivity contribution is 0.298. The van der Waals surface area contributed by atoms with Crippen LogP contribution in [0.15, 0.2) is 48.5 Å². The quantitative estimate of drug-likeness (QED) is 0.760. The van der Waals surface area contributed by atoms with E-state index in [-0.39, 0.29) is 6.04 Å². The number of benzene rings is 2. The minimum Gasteiger partial charge on any atom is -0.497 e. The van der Waals surface area contributed by atoms with Crippen LogP contribution in [0.3, 0.4) is 0 Å². The van der Waals surface area contributed by atoms with Crippen LogP contribution >= 0.6 is 23.8 Å². The standard InChI is InChI=1S/C18H22ClN3OS/c1-22(2)17(13-5-4-6-16(11-13)23-3)12-20-18(24)21-15-9-7-14(19)8-10-15/h4-11,17H,12H2,1-3H3,(H2,20,21,24)/t17-/m1/s1. The topological polar surface area (TPSA) is 36.5 Å². The summed E-state index contributed by atoms with van der Waals surface area (Å²) < 4.78 is 5.31. The van der Waals surface area contributed by atoms with Gasteiger partial charge in [-0.05, 0) is 68.3 Å².